The summed E-state index contributed by atoms with van der Waals surface area (Å²) in [5.74, 6) is -0.830. The van der Waals surface area contributed by atoms with E-state index in [2.05, 4.69) is 160 Å². The topological polar surface area (TPSA) is 111 Å². The van der Waals surface area contributed by atoms with Crippen molar-refractivity contribution in [3.63, 3.8) is 0 Å². The lowest BCUT2D eigenvalue weighted by Gasteiger charge is -2.28. The van der Waals surface area contributed by atoms with Crippen molar-refractivity contribution >= 4 is 19.8 Å². The molecule has 0 rings (SSSR count). The van der Waals surface area contributed by atoms with Crippen molar-refractivity contribution in [1.82, 2.24) is 0 Å². The minimum atomic E-state index is -4.65. The molecule has 0 aromatic carbocycles. The van der Waals surface area contributed by atoms with Gasteiger partial charge in [0, 0.05) is 12.8 Å². The first kappa shape index (κ1) is 95.9. The van der Waals surface area contributed by atoms with Crippen LogP contribution in [-0.4, -0.2) is 70.0 Å². The lowest BCUT2D eigenvalue weighted by Crippen LogP contribution is -2.37. The summed E-state index contributed by atoms with van der Waals surface area (Å²) in [5.41, 5.74) is 0. The van der Waals surface area contributed by atoms with E-state index in [9.17, 15) is 19.0 Å². The van der Waals surface area contributed by atoms with Crippen molar-refractivity contribution in [2.75, 3.05) is 47.5 Å². The van der Waals surface area contributed by atoms with Crippen LogP contribution in [0.3, 0.4) is 0 Å². The van der Waals surface area contributed by atoms with Gasteiger partial charge >= 0.3 is 11.9 Å². The van der Waals surface area contributed by atoms with E-state index in [1.54, 1.807) is 0 Å². The normalized spacial score (nSPS) is 13.8. The van der Waals surface area contributed by atoms with E-state index in [0.29, 0.717) is 17.4 Å². The van der Waals surface area contributed by atoms with E-state index in [1.807, 2.05) is 21.1 Å². The molecule has 2 unspecified atom stereocenters. The van der Waals surface area contributed by atoms with Gasteiger partial charge in [0.1, 0.15) is 19.8 Å². The van der Waals surface area contributed by atoms with E-state index in [4.69, 9.17) is 18.5 Å². The Labute approximate surface area is 618 Å². The first-order chi connectivity index (χ1) is 49.0. The monoisotopic (exact) mass is 1410 g/mol. The average Bonchev–Trinajstić information content (AvgIpc) is 1.07. The number of likely N-dealkylation sites (N-methyl/N-ethyl adjacent to an activating group) is 1. The molecule has 574 valence electrons. The van der Waals surface area contributed by atoms with Crippen molar-refractivity contribution in [1.29, 1.82) is 0 Å². The smallest absolute Gasteiger partial charge is 0.306 e. The predicted octanol–water partition coefficient (Wildman–Crippen LogP) is 27.4. The van der Waals surface area contributed by atoms with Crippen molar-refractivity contribution in [2.45, 2.75) is 367 Å². The molecule has 0 aromatic heterocycles. The van der Waals surface area contributed by atoms with Crippen LogP contribution < -0.4 is 4.89 Å². The van der Waals surface area contributed by atoms with Gasteiger partial charge in [-0.15, -0.1) is 0 Å². The third-order valence-electron chi connectivity index (χ3n) is 17.8. The molecule has 10 heteroatoms. The summed E-state index contributed by atoms with van der Waals surface area (Å²) in [6.45, 7) is 4.14. The van der Waals surface area contributed by atoms with Crippen LogP contribution >= 0.6 is 7.82 Å². The van der Waals surface area contributed by atoms with Gasteiger partial charge in [0.05, 0.1) is 27.7 Å². The Morgan fingerprint density at radius 1 is 0.320 bits per heavy atom. The van der Waals surface area contributed by atoms with Crippen LogP contribution in [0.5, 0.6) is 0 Å². The predicted molar refractivity (Wildman–Crippen MR) is 434 cm³/mol. The van der Waals surface area contributed by atoms with Gasteiger partial charge in [-0.05, 0) is 122 Å². The number of quaternary nitrogens is 1. The van der Waals surface area contributed by atoms with Gasteiger partial charge in [-0.2, -0.15) is 0 Å². The number of rotatable bonds is 76. The van der Waals surface area contributed by atoms with Crippen molar-refractivity contribution in [2.24, 2.45) is 0 Å². The highest BCUT2D eigenvalue weighted by Crippen LogP contribution is 2.38. The number of phosphoric acid groups is 1. The fourth-order valence-corrected chi connectivity index (χ4v) is 12.3. The molecule has 100 heavy (non-hydrogen) atoms. The largest absolute Gasteiger partial charge is 0.756 e. The third-order valence-corrected chi connectivity index (χ3v) is 18.8. The van der Waals surface area contributed by atoms with Gasteiger partial charge in [-0.25, -0.2) is 0 Å². The third kappa shape index (κ3) is 82.8. The molecule has 0 aliphatic carbocycles. The second kappa shape index (κ2) is 79.0. The second-order valence-electron chi connectivity index (χ2n) is 28.8. The molecular weight excluding hydrogens is 1250 g/mol. The quantitative estimate of drug-likeness (QED) is 0.0195. The number of carbonyl (C=O) groups is 2. The van der Waals surface area contributed by atoms with E-state index in [1.165, 1.54) is 212 Å². The summed E-state index contributed by atoms with van der Waals surface area (Å²) in [7, 11) is 1.16. The molecule has 0 fully saturated rings. The standard InChI is InChI=1S/C90H156NO8P/c1-6-8-10-12-14-16-18-20-22-24-26-28-30-32-34-36-38-40-42-44-45-47-49-51-53-55-57-59-61-63-65-67-69-71-73-75-77-79-81-83-90(93)99-88(87-98-100(94,95)97-85-84-91(3,4)5)86-96-89(92)82-80-78-76-74-72-70-68-66-64-62-60-58-56-54-52-50-48-46-43-41-39-37-35-33-31-29-27-25-23-21-19-17-15-13-11-9-7-2/h8,10,14,16,19-22,25-28,31-34,38,40,44-45,49,51,55,57,88H,6-7,9,11-13,15,17-18,23-24,29-30,35-37,39,41-43,46-48,50,52-54,56,58-87H2,1-5H3/b10-8-,16-14-,21-19-,22-20-,27-25-,28-26-,33-31-,34-32-,40-38-,45-44-,51-49-,57-55-. The van der Waals surface area contributed by atoms with Gasteiger partial charge in [-0.3, -0.25) is 14.2 Å². The van der Waals surface area contributed by atoms with Crippen LogP contribution in [0.2, 0.25) is 0 Å². The zero-order valence-corrected chi connectivity index (χ0v) is 66.5. The molecule has 0 aliphatic rings. The number of unbranched alkanes of at least 4 members (excludes halogenated alkanes) is 38. The summed E-state index contributed by atoms with van der Waals surface area (Å²) < 4.78 is 34.4. The average molecular weight is 1410 g/mol. The number of phosphoric ester groups is 1. The van der Waals surface area contributed by atoms with Gasteiger partial charge in [-0.1, -0.05) is 372 Å². The zero-order valence-electron chi connectivity index (χ0n) is 65.6. The molecule has 0 saturated heterocycles. The highest BCUT2D eigenvalue weighted by molar-refractivity contribution is 7.45. The lowest BCUT2D eigenvalue weighted by molar-refractivity contribution is -0.870. The number of hydrogen-bond donors (Lipinski definition) is 0. The summed E-state index contributed by atoms with van der Waals surface area (Å²) in [6, 6.07) is 0. The molecule has 9 nitrogen and oxygen atoms in total. The number of nitrogens with zero attached hydrogens (tertiary/aromatic N) is 1. The first-order valence-electron chi connectivity index (χ1n) is 41.5. The van der Waals surface area contributed by atoms with Gasteiger partial charge in [0.2, 0.25) is 0 Å². The summed E-state index contributed by atoms with van der Waals surface area (Å²) >= 11 is 0. The van der Waals surface area contributed by atoms with E-state index < -0.39 is 26.5 Å². The van der Waals surface area contributed by atoms with E-state index in [0.717, 1.165) is 116 Å². The summed E-state index contributed by atoms with van der Waals surface area (Å²) in [4.78, 5) is 38.2. The molecule has 0 spiro atoms. The minimum Gasteiger partial charge on any atom is -0.756 e. The lowest BCUT2D eigenvalue weighted by atomic mass is 10.0. The van der Waals surface area contributed by atoms with Gasteiger partial charge in [0.25, 0.3) is 7.82 Å². The maximum atomic E-state index is 12.9. The Bertz CT molecular complexity index is 2210. The first-order valence-corrected chi connectivity index (χ1v) is 43.0. The molecule has 0 aliphatic heterocycles. The highest BCUT2D eigenvalue weighted by atomic mass is 31.2. The highest BCUT2D eigenvalue weighted by Gasteiger charge is 2.22. The Balaban J connectivity index is 3.99. The zero-order chi connectivity index (χ0) is 72.5. The maximum Gasteiger partial charge on any atom is 0.306 e. The summed E-state index contributed by atoms with van der Waals surface area (Å²) in [6.07, 6.45) is 117. The van der Waals surface area contributed by atoms with Crippen LogP contribution in [0.1, 0.15) is 361 Å². The maximum absolute atomic E-state index is 12.9. The molecular formula is C90H156NO8P. The fourth-order valence-electron chi connectivity index (χ4n) is 11.5. The molecule has 0 aromatic rings. The molecule has 0 radical (unpaired) electrons. The van der Waals surface area contributed by atoms with Crippen LogP contribution in [0.25, 0.3) is 0 Å². The number of hydrogen-bond acceptors (Lipinski definition) is 8. The van der Waals surface area contributed by atoms with Crippen molar-refractivity contribution in [3.8, 4) is 0 Å². The molecule has 0 saturated carbocycles. The van der Waals surface area contributed by atoms with Gasteiger partial charge in [0.15, 0.2) is 6.10 Å². The minimum absolute atomic E-state index is 0.0356. The Morgan fingerprint density at radius 2 is 0.570 bits per heavy atom. The second-order valence-corrected chi connectivity index (χ2v) is 30.2. The number of allylic oxidation sites excluding steroid dienone is 24. The molecule has 0 bridgehead atoms. The van der Waals surface area contributed by atoms with Crippen LogP contribution in [0.15, 0.2) is 146 Å². The van der Waals surface area contributed by atoms with E-state index in [-0.39, 0.29) is 32.0 Å². The Morgan fingerprint density at radius 3 is 0.850 bits per heavy atom. The molecule has 0 N–H and O–H groups in total. The number of carbonyl (C=O) groups excluding carboxylic acids is 2. The number of esters is 2. The molecule has 0 amide bonds. The Hall–Kier alpha value is -4.11. The Kier molecular flexibility index (Phi) is 75.8. The fraction of sp³-hybridized carbons (Fsp3) is 0.711. The molecule has 0 heterocycles. The van der Waals surface area contributed by atoms with Gasteiger partial charge < -0.3 is 27.9 Å². The van der Waals surface area contributed by atoms with Crippen LogP contribution in [-0.2, 0) is 32.7 Å². The SMILES string of the molecule is CC/C=C\C/C=C\C/C=C\C/C=C\C/C=C\C/C=C\C/C=C\C/C=C\C/C=C\CCCCCCCCCCCCCC(=O)OC(COC(=O)CCCCCCCCCCCCCCCCCCCCCCCC/C=C\C/C=C\C/C=C\CCCCCCC)COP(=O)([O-])OCC[N+](C)(C)C. The summed E-state index contributed by atoms with van der Waals surface area (Å²) in [5, 5.41) is 0. The van der Waals surface area contributed by atoms with Crippen LogP contribution in [0, 0.1) is 0 Å². The van der Waals surface area contributed by atoms with Crippen molar-refractivity contribution in [3.05, 3.63) is 146 Å². The number of ether oxygens (including phenoxy) is 2. The van der Waals surface area contributed by atoms with Crippen LogP contribution in [0.4, 0.5) is 0 Å². The molecule has 2 atom stereocenters. The van der Waals surface area contributed by atoms with E-state index >= 15 is 0 Å². The van der Waals surface area contributed by atoms with Crippen molar-refractivity contribution < 1.29 is 42.1 Å².